The normalized spacial score (nSPS) is 27.3. The lowest BCUT2D eigenvalue weighted by Gasteiger charge is -2.46. The molecule has 2 bridgehead atoms. The highest BCUT2D eigenvalue weighted by Gasteiger charge is 2.51. The zero-order valence-corrected chi connectivity index (χ0v) is 21.5. The Morgan fingerprint density at radius 3 is 2.42 bits per heavy atom. The SMILES string of the molecule is CSc1ncc(F)c(-c2ccc(-c3ncc(N(C4CC4)C4C[C@]5(C)CC[C@](C)(C4)N5)nn3)c(O)c2)n1. The molecule has 1 unspecified atom stereocenters. The summed E-state index contributed by atoms with van der Waals surface area (Å²) in [7, 11) is 0. The Hall–Kier alpha value is -2.85. The van der Waals surface area contributed by atoms with Crippen molar-refractivity contribution in [3.05, 3.63) is 36.4 Å². The summed E-state index contributed by atoms with van der Waals surface area (Å²) in [5.74, 6) is 0.524. The van der Waals surface area contributed by atoms with Gasteiger partial charge in [0, 0.05) is 28.7 Å². The van der Waals surface area contributed by atoms with Gasteiger partial charge in [-0.2, -0.15) is 0 Å². The quantitative estimate of drug-likeness (QED) is 0.366. The van der Waals surface area contributed by atoms with Crippen LogP contribution in [0.5, 0.6) is 5.75 Å². The molecule has 3 aliphatic rings. The lowest BCUT2D eigenvalue weighted by molar-refractivity contribution is 0.203. The number of phenolic OH excluding ortho intramolecular Hbond substituents is 1. The standard InChI is InChI=1S/C26H30FN7OS/c1-25-8-9-26(2,33-25)12-17(11-25)34(16-5-6-16)21-14-28-23(32-31-21)18-7-4-15(10-20(18)35)22-19(27)13-29-24(30-22)36-3/h4,7,10,13-14,16-17,33,35H,5-6,8-9,11-12H2,1-3H3/t17?,25-,26+. The van der Waals surface area contributed by atoms with Crippen molar-refractivity contribution in [2.45, 2.75) is 80.7 Å². The van der Waals surface area contributed by atoms with Crippen LogP contribution >= 0.6 is 11.8 Å². The van der Waals surface area contributed by atoms with Gasteiger partial charge in [0.15, 0.2) is 22.6 Å². The zero-order chi connectivity index (χ0) is 25.1. The third-order valence-corrected chi connectivity index (χ3v) is 8.33. The number of aromatic nitrogens is 5. The van der Waals surface area contributed by atoms with E-state index in [0.717, 1.165) is 24.9 Å². The molecule has 2 saturated heterocycles. The maximum Gasteiger partial charge on any atom is 0.187 e. The van der Waals surface area contributed by atoms with E-state index < -0.39 is 5.82 Å². The fraction of sp³-hybridized carbons (Fsp3) is 0.500. The van der Waals surface area contributed by atoms with Crippen molar-refractivity contribution >= 4 is 17.6 Å². The molecule has 2 aliphatic heterocycles. The number of phenols is 1. The molecule has 1 aliphatic carbocycles. The number of thioether (sulfide) groups is 1. The van der Waals surface area contributed by atoms with Crippen molar-refractivity contribution in [1.29, 1.82) is 0 Å². The maximum atomic E-state index is 14.3. The predicted molar refractivity (Wildman–Crippen MR) is 137 cm³/mol. The first kappa shape index (κ1) is 23.5. The second-order valence-electron chi connectivity index (χ2n) is 10.9. The largest absolute Gasteiger partial charge is 0.507 e. The van der Waals surface area contributed by atoms with Gasteiger partial charge in [-0.05, 0) is 70.8 Å². The molecule has 0 spiro atoms. The van der Waals surface area contributed by atoms with Gasteiger partial charge in [0.2, 0.25) is 0 Å². The highest BCUT2D eigenvalue weighted by Crippen LogP contribution is 2.46. The van der Waals surface area contributed by atoms with Crippen LogP contribution in [-0.2, 0) is 0 Å². The minimum atomic E-state index is -0.545. The Morgan fingerprint density at radius 2 is 1.81 bits per heavy atom. The van der Waals surface area contributed by atoms with Crippen molar-refractivity contribution in [3.8, 4) is 28.4 Å². The number of halogens is 1. The molecule has 3 aromatic rings. The number of hydrogen-bond donors (Lipinski definition) is 2. The summed E-state index contributed by atoms with van der Waals surface area (Å²) in [6.45, 7) is 4.67. The van der Waals surface area contributed by atoms with Crippen LogP contribution < -0.4 is 10.2 Å². The number of nitrogens with zero attached hydrogens (tertiary/aromatic N) is 6. The molecular formula is C26H30FN7OS. The molecular weight excluding hydrogens is 477 g/mol. The summed E-state index contributed by atoms with van der Waals surface area (Å²) in [4.78, 5) is 15.2. The van der Waals surface area contributed by atoms with Gasteiger partial charge in [-0.25, -0.2) is 19.3 Å². The molecule has 3 atom stereocenters. The first-order chi connectivity index (χ1) is 17.3. The highest BCUT2D eigenvalue weighted by molar-refractivity contribution is 7.98. The number of aromatic hydroxyl groups is 1. The fourth-order valence-electron chi connectivity index (χ4n) is 6.08. The third-order valence-electron chi connectivity index (χ3n) is 7.77. The van der Waals surface area contributed by atoms with Gasteiger partial charge < -0.3 is 15.3 Å². The summed E-state index contributed by atoms with van der Waals surface area (Å²) in [6, 6.07) is 5.74. The molecule has 0 amide bonds. The van der Waals surface area contributed by atoms with Crippen LogP contribution in [0.2, 0.25) is 0 Å². The van der Waals surface area contributed by atoms with Crippen LogP contribution in [0, 0.1) is 5.82 Å². The molecule has 188 valence electrons. The van der Waals surface area contributed by atoms with E-state index in [-0.39, 0.29) is 22.5 Å². The summed E-state index contributed by atoms with van der Waals surface area (Å²) in [5.41, 5.74) is 1.37. The summed E-state index contributed by atoms with van der Waals surface area (Å²) >= 11 is 1.33. The van der Waals surface area contributed by atoms with Crippen molar-refractivity contribution in [3.63, 3.8) is 0 Å². The molecule has 1 aromatic carbocycles. The topological polar surface area (TPSA) is 100.0 Å². The second kappa shape index (κ2) is 8.62. The lowest BCUT2D eigenvalue weighted by atomic mass is 9.84. The summed E-state index contributed by atoms with van der Waals surface area (Å²) in [6.07, 6.45) is 11.7. The Labute approximate surface area is 214 Å². The first-order valence-corrected chi connectivity index (χ1v) is 13.7. The van der Waals surface area contributed by atoms with E-state index in [1.54, 1.807) is 18.3 Å². The van der Waals surface area contributed by atoms with Crippen molar-refractivity contribution in [1.82, 2.24) is 30.5 Å². The molecule has 4 heterocycles. The maximum absolute atomic E-state index is 14.3. The molecule has 36 heavy (non-hydrogen) atoms. The monoisotopic (exact) mass is 507 g/mol. The van der Waals surface area contributed by atoms with Crippen LogP contribution in [0.25, 0.3) is 22.6 Å². The van der Waals surface area contributed by atoms with Crippen LogP contribution in [0.1, 0.15) is 52.4 Å². The minimum absolute atomic E-state index is 0.0550. The smallest absolute Gasteiger partial charge is 0.187 e. The lowest BCUT2D eigenvalue weighted by Crippen LogP contribution is -2.59. The first-order valence-electron chi connectivity index (χ1n) is 12.4. The Morgan fingerprint density at radius 1 is 1.06 bits per heavy atom. The number of benzene rings is 1. The minimum Gasteiger partial charge on any atom is -0.507 e. The molecule has 10 heteroatoms. The number of hydrogen-bond acceptors (Lipinski definition) is 9. The van der Waals surface area contributed by atoms with Gasteiger partial charge in [-0.3, -0.25) is 0 Å². The average molecular weight is 508 g/mol. The Bertz CT molecular complexity index is 1290. The van der Waals surface area contributed by atoms with E-state index in [4.69, 9.17) is 0 Å². The van der Waals surface area contributed by atoms with E-state index in [1.807, 2.05) is 6.26 Å². The summed E-state index contributed by atoms with van der Waals surface area (Å²) < 4.78 is 14.3. The van der Waals surface area contributed by atoms with E-state index in [9.17, 15) is 9.50 Å². The van der Waals surface area contributed by atoms with Crippen LogP contribution in [0.3, 0.4) is 0 Å². The van der Waals surface area contributed by atoms with Crippen molar-refractivity contribution < 1.29 is 9.50 Å². The van der Waals surface area contributed by atoms with E-state index in [1.165, 1.54) is 43.5 Å². The number of nitrogens with one attached hydrogen (secondary N) is 1. The van der Waals surface area contributed by atoms with Crippen LogP contribution in [0.4, 0.5) is 10.2 Å². The fourth-order valence-corrected chi connectivity index (χ4v) is 6.42. The molecule has 1 saturated carbocycles. The number of anilines is 1. The van der Waals surface area contributed by atoms with Gasteiger partial charge >= 0.3 is 0 Å². The van der Waals surface area contributed by atoms with Crippen LogP contribution in [0.15, 0.2) is 35.7 Å². The van der Waals surface area contributed by atoms with Gasteiger partial charge in [-0.1, -0.05) is 17.8 Å². The number of piperidine rings is 1. The van der Waals surface area contributed by atoms with Crippen LogP contribution in [-0.4, -0.2) is 59.7 Å². The predicted octanol–water partition coefficient (Wildman–Crippen LogP) is 4.59. The van der Waals surface area contributed by atoms with Gasteiger partial charge in [0.1, 0.15) is 11.4 Å². The van der Waals surface area contributed by atoms with Crippen molar-refractivity contribution in [2.75, 3.05) is 11.2 Å². The molecule has 2 aromatic heterocycles. The number of fused-ring (bicyclic) bond motifs is 2. The molecule has 0 radical (unpaired) electrons. The molecule has 2 N–H and O–H groups in total. The molecule has 3 fully saturated rings. The molecule has 6 rings (SSSR count). The molecule has 8 nitrogen and oxygen atoms in total. The van der Waals surface area contributed by atoms with Gasteiger partial charge in [0.25, 0.3) is 0 Å². The average Bonchev–Trinajstić information content (AvgIpc) is 3.65. The van der Waals surface area contributed by atoms with Gasteiger partial charge in [0.05, 0.1) is 18.0 Å². The third kappa shape index (κ3) is 4.30. The second-order valence-corrected chi connectivity index (χ2v) is 11.6. The van der Waals surface area contributed by atoms with E-state index in [2.05, 4.69) is 49.2 Å². The van der Waals surface area contributed by atoms with E-state index in [0.29, 0.717) is 34.2 Å². The zero-order valence-electron chi connectivity index (χ0n) is 20.7. The summed E-state index contributed by atoms with van der Waals surface area (Å²) in [5, 5.41) is 24.0. The number of rotatable bonds is 6. The van der Waals surface area contributed by atoms with Crippen molar-refractivity contribution in [2.24, 2.45) is 0 Å². The Kier molecular flexibility index (Phi) is 5.64. The highest BCUT2D eigenvalue weighted by atomic mass is 32.2. The Balaban J connectivity index is 1.26. The van der Waals surface area contributed by atoms with Gasteiger partial charge in [-0.15, -0.1) is 10.2 Å². The van der Waals surface area contributed by atoms with E-state index >= 15 is 0 Å².